The van der Waals surface area contributed by atoms with E-state index >= 15 is 0 Å². The summed E-state index contributed by atoms with van der Waals surface area (Å²) in [4.78, 5) is 28.9. The largest absolute Gasteiger partial charge is 0.350 e. The Morgan fingerprint density at radius 2 is 1.59 bits per heavy atom. The molecule has 0 unspecified atom stereocenters. The van der Waals surface area contributed by atoms with E-state index in [0.29, 0.717) is 26.2 Å². The number of thioether (sulfide) groups is 1. The number of rotatable bonds is 7. The first-order valence-corrected chi connectivity index (χ1v) is 10.3. The van der Waals surface area contributed by atoms with Crippen LogP contribution in [0.25, 0.3) is 0 Å². The highest BCUT2D eigenvalue weighted by molar-refractivity contribution is 7.99. The number of carbonyl (C=O) groups is 2. The van der Waals surface area contributed by atoms with Crippen LogP contribution in [0.5, 0.6) is 0 Å². The molecule has 1 aliphatic heterocycles. The van der Waals surface area contributed by atoms with Crippen molar-refractivity contribution in [3.8, 4) is 0 Å². The summed E-state index contributed by atoms with van der Waals surface area (Å²) in [5, 5.41) is 3.00. The van der Waals surface area contributed by atoms with Crippen molar-refractivity contribution in [3.05, 3.63) is 66.2 Å². The predicted octanol–water partition coefficient (Wildman–Crippen LogP) is 0.936. The van der Waals surface area contributed by atoms with Crippen molar-refractivity contribution >= 4 is 23.6 Å². The zero-order valence-electron chi connectivity index (χ0n) is 15.4. The Labute approximate surface area is 164 Å². The third kappa shape index (κ3) is 6.12. The molecule has 142 valence electrons. The number of benzene rings is 2. The summed E-state index contributed by atoms with van der Waals surface area (Å²) in [6.45, 7) is 4.16. The molecule has 1 saturated heterocycles. The molecule has 0 atom stereocenters. The quantitative estimate of drug-likeness (QED) is 0.552. The van der Waals surface area contributed by atoms with Gasteiger partial charge in [0, 0.05) is 22.8 Å². The molecule has 2 aromatic rings. The maximum Gasteiger partial charge on any atom is 0.275 e. The van der Waals surface area contributed by atoms with Gasteiger partial charge in [0.2, 0.25) is 0 Å². The lowest BCUT2D eigenvalue weighted by Gasteiger charge is -2.32. The Bertz CT molecular complexity index is 732. The first-order chi connectivity index (χ1) is 13.2. The molecule has 0 aromatic heterocycles. The zero-order chi connectivity index (χ0) is 18.9. The molecule has 1 fully saturated rings. The molecule has 0 bridgehead atoms. The summed E-state index contributed by atoms with van der Waals surface area (Å²) in [6, 6.07) is 19.6. The molecule has 5 nitrogen and oxygen atoms in total. The first-order valence-electron chi connectivity index (χ1n) is 9.35. The third-order valence-corrected chi connectivity index (χ3v) is 5.64. The Morgan fingerprint density at radius 3 is 2.26 bits per heavy atom. The van der Waals surface area contributed by atoms with Crippen LogP contribution in [0.2, 0.25) is 0 Å². The lowest BCUT2D eigenvalue weighted by atomic mass is 10.2. The van der Waals surface area contributed by atoms with Gasteiger partial charge >= 0.3 is 0 Å². The molecule has 0 saturated carbocycles. The molecule has 3 rings (SSSR count). The molecule has 0 aliphatic carbocycles. The normalized spacial score (nSPS) is 14.7. The van der Waals surface area contributed by atoms with Crippen LogP contribution in [-0.4, -0.2) is 61.7 Å². The molecule has 2 aromatic carbocycles. The van der Waals surface area contributed by atoms with E-state index in [-0.39, 0.29) is 11.8 Å². The Balaban J connectivity index is 1.33. The molecule has 1 heterocycles. The van der Waals surface area contributed by atoms with Gasteiger partial charge in [-0.3, -0.25) is 9.59 Å². The van der Waals surface area contributed by atoms with E-state index in [4.69, 9.17) is 0 Å². The van der Waals surface area contributed by atoms with Crippen molar-refractivity contribution in [2.24, 2.45) is 0 Å². The van der Waals surface area contributed by atoms with E-state index in [0.717, 1.165) is 24.4 Å². The van der Waals surface area contributed by atoms with Crippen LogP contribution in [0, 0.1) is 0 Å². The second kappa shape index (κ2) is 10.1. The van der Waals surface area contributed by atoms with Crippen molar-refractivity contribution in [1.29, 1.82) is 0 Å². The second-order valence-corrected chi connectivity index (χ2v) is 7.76. The van der Waals surface area contributed by atoms with Crippen LogP contribution in [0.3, 0.4) is 0 Å². The SMILES string of the molecule is O=C(C[NH+]1CCN(C(=O)c2ccccc2)CC1)NCCSc1ccccc1. The molecule has 27 heavy (non-hydrogen) atoms. The molecular weight excluding hydrogens is 358 g/mol. The van der Waals surface area contributed by atoms with Gasteiger partial charge < -0.3 is 15.1 Å². The summed E-state index contributed by atoms with van der Waals surface area (Å²) in [5.74, 6) is 1.03. The fraction of sp³-hybridized carbons (Fsp3) is 0.333. The summed E-state index contributed by atoms with van der Waals surface area (Å²) >= 11 is 1.74. The van der Waals surface area contributed by atoms with E-state index in [2.05, 4.69) is 17.4 Å². The van der Waals surface area contributed by atoms with Crippen molar-refractivity contribution in [3.63, 3.8) is 0 Å². The van der Waals surface area contributed by atoms with Gasteiger partial charge in [-0.1, -0.05) is 36.4 Å². The van der Waals surface area contributed by atoms with Crippen molar-refractivity contribution < 1.29 is 14.5 Å². The zero-order valence-corrected chi connectivity index (χ0v) is 16.2. The fourth-order valence-electron chi connectivity index (χ4n) is 3.13. The maximum atomic E-state index is 12.5. The van der Waals surface area contributed by atoms with E-state index in [1.54, 1.807) is 11.8 Å². The number of carbonyl (C=O) groups excluding carboxylic acids is 2. The molecule has 1 aliphatic rings. The number of nitrogens with zero attached hydrogens (tertiary/aromatic N) is 1. The van der Waals surface area contributed by atoms with Crippen LogP contribution in [0.15, 0.2) is 65.6 Å². The Morgan fingerprint density at radius 1 is 0.963 bits per heavy atom. The standard InChI is InChI=1S/C21H25N3O2S/c25-20(22-11-16-27-19-9-5-2-6-10-19)17-23-12-14-24(15-13-23)21(26)18-7-3-1-4-8-18/h1-10H,11-17H2,(H,22,25)/p+1. The number of hydrogen-bond donors (Lipinski definition) is 2. The fourth-order valence-corrected chi connectivity index (χ4v) is 3.92. The lowest BCUT2D eigenvalue weighted by molar-refractivity contribution is -0.896. The Kier molecular flexibility index (Phi) is 7.30. The topological polar surface area (TPSA) is 53.9 Å². The maximum absolute atomic E-state index is 12.5. The van der Waals surface area contributed by atoms with Gasteiger partial charge in [-0.15, -0.1) is 11.8 Å². The lowest BCUT2D eigenvalue weighted by Crippen LogP contribution is -3.15. The van der Waals surface area contributed by atoms with Crippen LogP contribution < -0.4 is 10.2 Å². The minimum atomic E-state index is 0.0806. The van der Waals surface area contributed by atoms with E-state index in [9.17, 15) is 9.59 Å². The highest BCUT2D eigenvalue weighted by Crippen LogP contribution is 2.15. The Hall–Kier alpha value is -2.31. The molecule has 0 spiro atoms. The van der Waals surface area contributed by atoms with E-state index < -0.39 is 0 Å². The molecular formula is C21H26N3O2S+. The van der Waals surface area contributed by atoms with Gasteiger partial charge in [-0.05, 0) is 24.3 Å². The number of amides is 2. The average molecular weight is 385 g/mol. The van der Waals surface area contributed by atoms with Gasteiger partial charge in [-0.25, -0.2) is 0 Å². The number of quaternary nitrogens is 1. The summed E-state index contributed by atoms with van der Waals surface area (Å²) < 4.78 is 0. The van der Waals surface area contributed by atoms with Crippen molar-refractivity contribution in [2.75, 3.05) is 45.0 Å². The van der Waals surface area contributed by atoms with Gasteiger partial charge in [0.1, 0.15) is 0 Å². The second-order valence-electron chi connectivity index (χ2n) is 6.60. The van der Waals surface area contributed by atoms with E-state index in [1.807, 2.05) is 53.4 Å². The van der Waals surface area contributed by atoms with Crippen LogP contribution in [0.1, 0.15) is 10.4 Å². The highest BCUT2D eigenvalue weighted by atomic mass is 32.2. The molecule has 2 amide bonds. The number of hydrogen-bond acceptors (Lipinski definition) is 3. The number of piperazine rings is 1. The molecule has 6 heteroatoms. The summed E-state index contributed by atoms with van der Waals surface area (Å²) in [7, 11) is 0. The van der Waals surface area contributed by atoms with Crippen LogP contribution in [-0.2, 0) is 4.79 Å². The minimum Gasteiger partial charge on any atom is -0.350 e. The summed E-state index contributed by atoms with van der Waals surface area (Å²) in [5.41, 5.74) is 0.731. The first kappa shape index (κ1) is 19.5. The minimum absolute atomic E-state index is 0.0806. The van der Waals surface area contributed by atoms with Gasteiger partial charge in [0.25, 0.3) is 11.8 Å². The van der Waals surface area contributed by atoms with Gasteiger partial charge in [0.15, 0.2) is 6.54 Å². The predicted molar refractivity (Wildman–Crippen MR) is 108 cm³/mol. The molecule has 0 radical (unpaired) electrons. The van der Waals surface area contributed by atoms with Crippen molar-refractivity contribution in [2.45, 2.75) is 4.90 Å². The monoisotopic (exact) mass is 384 g/mol. The average Bonchev–Trinajstić information content (AvgIpc) is 2.73. The van der Waals surface area contributed by atoms with Gasteiger partial charge in [0.05, 0.1) is 26.2 Å². The van der Waals surface area contributed by atoms with E-state index in [1.165, 1.54) is 9.80 Å². The highest BCUT2D eigenvalue weighted by Gasteiger charge is 2.25. The van der Waals surface area contributed by atoms with Gasteiger partial charge in [-0.2, -0.15) is 0 Å². The summed E-state index contributed by atoms with van der Waals surface area (Å²) in [6.07, 6.45) is 0. The molecule has 2 N–H and O–H groups in total. The smallest absolute Gasteiger partial charge is 0.275 e. The third-order valence-electron chi connectivity index (χ3n) is 4.63. The van der Waals surface area contributed by atoms with Crippen LogP contribution >= 0.6 is 11.8 Å². The van der Waals surface area contributed by atoms with Crippen molar-refractivity contribution in [1.82, 2.24) is 10.2 Å². The van der Waals surface area contributed by atoms with Crippen LogP contribution in [0.4, 0.5) is 0 Å². The number of nitrogens with one attached hydrogen (secondary N) is 2.